The van der Waals surface area contributed by atoms with Gasteiger partial charge in [-0.15, -0.1) is 0 Å². The topological polar surface area (TPSA) is 194 Å². The van der Waals surface area contributed by atoms with E-state index in [2.05, 4.69) is 30.8 Å². The number of nitrogens with one attached hydrogen (secondary N) is 2. The van der Waals surface area contributed by atoms with Crippen LogP contribution in [0.5, 0.6) is 5.75 Å². The first-order valence-corrected chi connectivity index (χ1v) is 10.3. The van der Waals surface area contributed by atoms with Gasteiger partial charge in [0.2, 0.25) is 17.8 Å². The molecule has 4 rings (SSSR count). The Morgan fingerprint density at radius 2 is 1.63 bits per heavy atom. The SMILES string of the molecule is O=[N+]([O-])c1ccc(Nc2nc(N/N=C/c3cc([N+](=O)[O-])ccc3O)nc(N3CCOCC3)n2)cc1. The number of anilines is 4. The maximum Gasteiger partial charge on any atom is 0.270 e. The van der Waals surface area contributed by atoms with E-state index >= 15 is 0 Å². The van der Waals surface area contributed by atoms with Gasteiger partial charge >= 0.3 is 0 Å². The number of ether oxygens (including phenoxy) is 1. The van der Waals surface area contributed by atoms with E-state index in [1.165, 1.54) is 48.7 Å². The highest BCUT2D eigenvalue weighted by molar-refractivity contribution is 5.84. The van der Waals surface area contributed by atoms with Crippen LogP contribution in [0.1, 0.15) is 5.56 Å². The smallest absolute Gasteiger partial charge is 0.270 e. The van der Waals surface area contributed by atoms with Crippen molar-refractivity contribution in [3.05, 3.63) is 68.3 Å². The number of non-ortho nitro benzene ring substituents is 2. The summed E-state index contributed by atoms with van der Waals surface area (Å²) in [7, 11) is 0. The van der Waals surface area contributed by atoms with E-state index in [1.807, 2.05) is 4.90 Å². The zero-order valence-corrected chi connectivity index (χ0v) is 18.1. The third-order valence-electron chi connectivity index (χ3n) is 4.84. The minimum Gasteiger partial charge on any atom is -0.507 e. The van der Waals surface area contributed by atoms with Crippen molar-refractivity contribution in [1.29, 1.82) is 0 Å². The molecule has 2 aromatic carbocycles. The average Bonchev–Trinajstić information content (AvgIpc) is 2.86. The van der Waals surface area contributed by atoms with E-state index in [1.54, 1.807) is 0 Å². The summed E-state index contributed by atoms with van der Waals surface area (Å²) >= 11 is 0. The van der Waals surface area contributed by atoms with E-state index < -0.39 is 9.85 Å². The molecule has 0 radical (unpaired) electrons. The van der Waals surface area contributed by atoms with Gasteiger partial charge < -0.3 is 20.1 Å². The van der Waals surface area contributed by atoms with Gasteiger partial charge in [0, 0.05) is 48.6 Å². The number of rotatable bonds is 8. The summed E-state index contributed by atoms with van der Waals surface area (Å²) in [5, 5.41) is 38.7. The number of aromatic nitrogens is 3. The van der Waals surface area contributed by atoms with Crippen LogP contribution in [0.2, 0.25) is 0 Å². The minimum absolute atomic E-state index is 0.0544. The van der Waals surface area contributed by atoms with Crippen molar-refractivity contribution < 1.29 is 19.7 Å². The lowest BCUT2D eigenvalue weighted by molar-refractivity contribution is -0.385. The molecule has 1 aliphatic heterocycles. The second kappa shape index (κ2) is 10.3. The van der Waals surface area contributed by atoms with Crippen LogP contribution in [0.25, 0.3) is 0 Å². The third-order valence-corrected chi connectivity index (χ3v) is 4.84. The van der Waals surface area contributed by atoms with Gasteiger partial charge in [-0.25, -0.2) is 5.43 Å². The van der Waals surface area contributed by atoms with Crippen molar-refractivity contribution in [2.75, 3.05) is 41.9 Å². The number of benzene rings is 2. The number of phenols is 1. The Morgan fingerprint density at radius 1 is 0.971 bits per heavy atom. The van der Waals surface area contributed by atoms with E-state index in [0.717, 1.165) is 0 Å². The number of hydrazone groups is 1. The molecule has 0 amide bonds. The molecule has 1 fully saturated rings. The quantitative estimate of drug-likeness (QED) is 0.242. The fourth-order valence-corrected chi connectivity index (χ4v) is 3.09. The maximum absolute atomic E-state index is 11.0. The molecule has 1 aliphatic rings. The van der Waals surface area contributed by atoms with Crippen LogP contribution < -0.4 is 15.6 Å². The molecule has 0 spiro atoms. The molecule has 0 saturated carbocycles. The van der Waals surface area contributed by atoms with Crippen LogP contribution in [0.3, 0.4) is 0 Å². The Kier molecular flexibility index (Phi) is 6.87. The van der Waals surface area contributed by atoms with Crippen molar-refractivity contribution in [3.8, 4) is 5.75 Å². The molecule has 2 heterocycles. The summed E-state index contributed by atoms with van der Waals surface area (Å²) < 4.78 is 5.37. The molecular weight excluding hydrogens is 462 g/mol. The van der Waals surface area contributed by atoms with Crippen LogP contribution in [-0.2, 0) is 4.74 Å². The molecule has 0 atom stereocenters. The first-order chi connectivity index (χ1) is 16.9. The third kappa shape index (κ3) is 5.91. The van der Waals surface area contributed by atoms with Gasteiger partial charge in [-0.3, -0.25) is 20.2 Å². The van der Waals surface area contributed by atoms with Crippen molar-refractivity contribution in [1.82, 2.24) is 15.0 Å². The molecule has 1 aromatic heterocycles. The minimum atomic E-state index is -0.582. The molecule has 35 heavy (non-hydrogen) atoms. The summed E-state index contributed by atoms with van der Waals surface area (Å²) in [5.74, 6) is 0.383. The Labute approximate surface area is 197 Å². The fraction of sp³-hybridized carbons (Fsp3) is 0.200. The second-order valence-electron chi connectivity index (χ2n) is 7.18. The van der Waals surface area contributed by atoms with Gasteiger partial charge in [0.15, 0.2) is 0 Å². The average molecular weight is 481 g/mol. The van der Waals surface area contributed by atoms with Crippen molar-refractivity contribution in [2.24, 2.45) is 5.10 Å². The molecule has 3 aromatic rings. The lowest BCUT2D eigenvalue weighted by Gasteiger charge is -2.27. The lowest BCUT2D eigenvalue weighted by Crippen LogP contribution is -2.37. The van der Waals surface area contributed by atoms with E-state index in [0.29, 0.717) is 37.9 Å². The Balaban J connectivity index is 1.58. The van der Waals surface area contributed by atoms with Gasteiger partial charge in [-0.05, 0) is 18.2 Å². The molecule has 15 heteroatoms. The fourth-order valence-electron chi connectivity index (χ4n) is 3.09. The van der Waals surface area contributed by atoms with Gasteiger partial charge in [0.25, 0.3) is 11.4 Å². The summed E-state index contributed by atoms with van der Waals surface area (Å²) in [6.07, 6.45) is 1.20. The standard InChI is InChI=1S/C20H19N9O6/c30-17-6-5-16(29(33)34)11-13(17)12-21-26-19-23-18(22-14-1-3-15(4-2-14)28(31)32)24-20(25-19)27-7-9-35-10-8-27/h1-6,11-12,30H,7-10H2,(H2,22,23,24,25,26)/b21-12+. The van der Waals surface area contributed by atoms with E-state index in [-0.39, 0.29) is 34.6 Å². The summed E-state index contributed by atoms with van der Waals surface area (Å²) in [5.41, 5.74) is 3.03. The maximum atomic E-state index is 11.0. The Bertz CT molecular complexity index is 1260. The Morgan fingerprint density at radius 3 is 2.31 bits per heavy atom. The van der Waals surface area contributed by atoms with E-state index in [9.17, 15) is 25.3 Å². The highest BCUT2D eigenvalue weighted by atomic mass is 16.6. The highest BCUT2D eigenvalue weighted by Crippen LogP contribution is 2.23. The van der Waals surface area contributed by atoms with Gasteiger partial charge in [-0.1, -0.05) is 0 Å². The first kappa shape index (κ1) is 23.2. The normalized spacial score (nSPS) is 13.5. The second-order valence-corrected chi connectivity index (χ2v) is 7.18. The molecule has 180 valence electrons. The first-order valence-electron chi connectivity index (χ1n) is 10.3. The van der Waals surface area contributed by atoms with Gasteiger partial charge in [0.1, 0.15) is 5.75 Å². The van der Waals surface area contributed by atoms with Crippen LogP contribution in [0.15, 0.2) is 47.6 Å². The summed E-state index contributed by atoms with van der Waals surface area (Å²) in [6, 6.07) is 9.29. The van der Waals surface area contributed by atoms with E-state index in [4.69, 9.17) is 4.74 Å². The summed E-state index contributed by atoms with van der Waals surface area (Å²) in [6.45, 7) is 2.13. The number of hydrogen-bond donors (Lipinski definition) is 3. The zero-order valence-electron chi connectivity index (χ0n) is 18.1. The number of nitro benzene ring substituents is 2. The predicted molar refractivity (Wildman–Crippen MR) is 125 cm³/mol. The van der Waals surface area contributed by atoms with Crippen molar-refractivity contribution >= 4 is 41.1 Å². The van der Waals surface area contributed by atoms with Crippen LogP contribution in [0.4, 0.5) is 34.9 Å². The molecule has 1 saturated heterocycles. The zero-order chi connectivity index (χ0) is 24.8. The molecule has 0 aliphatic carbocycles. The number of aromatic hydroxyl groups is 1. The molecule has 0 bridgehead atoms. The number of phenolic OH excluding ortho intramolecular Hbond substituents is 1. The number of nitro groups is 2. The Hall–Kier alpha value is -4.92. The van der Waals surface area contributed by atoms with Crippen LogP contribution in [-0.4, -0.2) is 62.4 Å². The van der Waals surface area contributed by atoms with Gasteiger partial charge in [-0.2, -0.15) is 20.1 Å². The summed E-state index contributed by atoms with van der Waals surface area (Å²) in [4.78, 5) is 35.7. The lowest BCUT2D eigenvalue weighted by atomic mass is 10.2. The predicted octanol–water partition coefficient (Wildman–Crippen LogP) is 2.42. The van der Waals surface area contributed by atoms with Gasteiger partial charge in [0.05, 0.1) is 29.3 Å². The number of hydrogen-bond acceptors (Lipinski definition) is 13. The monoisotopic (exact) mass is 481 g/mol. The van der Waals surface area contributed by atoms with Crippen molar-refractivity contribution in [3.63, 3.8) is 0 Å². The molecule has 3 N–H and O–H groups in total. The highest BCUT2D eigenvalue weighted by Gasteiger charge is 2.17. The van der Waals surface area contributed by atoms with Crippen molar-refractivity contribution in [2.45, 2.75) is 0 Å². The largest absolute Gasteiger partial charge is 0.507 e. The molecule has 15 nitrogen and oxygen atoms in total. The van der Waals surface area contributed by atoms with Crippen LogP contribution in [0, 0.1) is 20.2 Å². The molecular formula is C20H19N9O6. The number of nitrogens with zero attached hydrogens (tertiary/aromatic N) is 7. The van der Waals surface area contributed by atoms with Crippen LogP contribution >= 0.6 is 0 Å². The number of morpholine rings is 1. The molecule has 0 unspecified atom stereocenters.